The minimum absolute atomic E-state index is 0.532. The van der Waals surface area contributed by atoms with Crippen LogP contribution < -0.4 is 5.32 Å². The van der Waals surface area contributed by atoms with Crippen LogP contribution in [0.15, 0.2) is 24.3 Å². The van der Waals surface area contributed by atoms with Crippen LogP contribution in [0.25, 0.3) is 0 Å². The van der Waals surface area contributed by atoms with Gasteiger partial charge >= 0.3 is 0 Å². The van der Waals surface area contributed by atoms with Crippen LogP contribution >= 0.6 is 0 Å². The van der Waals surface area contributed by atoms with E-state index in [4.69, 9.17) is 4.74 Å². The van der Waals surface area contributed by atoms with E-state index in [0.717, 1.165) is 13.1 Å². The normalized spacial score (nSPS) is 18.1. The highest BCUT2D eigenvalue weighted by Gasteiger charge is 2.27. The van der Waals surface area contributed by atoms with Crippen molar-refractivity contribution in [2.24, 2.45) is 5.41 Å². The van der Waals surface area contributed by atoms with E-state index < -0.39 is 0 Å². The third-order valence-corrected chi connectivity index (χ3v) is 3.99. The molecular formula is C16H25NO. The first-order chi connectivity index (χ1) is 8.72. The summed E-state index contributed by atoms with van der Waals surface area (Å²) in [6.07, 6.45) is 5.57. The fraction of sp³-hybridized carbons (Fsp3) is 0.625. The third-order valence-electron chi connectivity index (χ3n) is 3.99. The summed E-state index contributed by atoms with van der Waals surface area (Å²) in [5, 5.41) is 3.61. The Kier molecular flexibility index (Phi) is 4.79. The van der Waals surface area contributed by atoms with Crippen LogP contribution in [0.2, 0.25) is 0 Å². The second-order valence-electron chi connectivity index (χ2n) is 5.87. The van der Waals surface area contributed by atoms with E-state index in [1.807, 2.05) is 0 Å². The molecule has 0 heterocycles. The van der Waals surface area contributed by atoms with Crippen molar-refractivity contribution in [3.63, 3.8) is 0 Å². The van der Waals surface area contributed by atoms with Gasteiger partial charge in [-0.05, 0) is 29.4 Å². The lowest BCUT2D eigenvalue weighted by Gasteiger charge is -2.23. The molecule has 1 aromatic rings. The summed E-state index contributed by atoms with van der Waals surface area (Å²) < 4.78 is 5.16. The lowest BCUT2D eigenvalue weighted by molar-refractivity contribution is 0.185. The number of methoxy groups -OCH3 is 1. The number of nitrogens with one attached hydrogen (secondary N) is 1. The Balaban J connectivity index is 1.80. The second kappa shape index (κ2) is 6.35. The van der Waals surface area contributed by atoms with Gasteiger partial charge in [-0.2, -0.15) is 0 Å². The summed E-state index contributed by atoms with van der Waals surface area (Å²) in [5.74, 6) is 0. The van der Waals surface area contributed by atoms with Gasteiger partial charge in [0.05, 0.1) is 6.61 Å². The summed E-state index contributed by atoms with van der Waals surface area (Å²) >= 11 is 0. The molecule has 1 fully saturated rings. The lowest BCUT2D eigenvalue weighted by Crippen LogP contribution is -2.29. The van der Waals surface area contributed by atoms with Gasteiger partial charge in [0.1, 0.15) is 0 Å². The highest BCUT2D eigenvalue weighted by Crippen LogP contribution is 2.36. The third kappa shape index (κ3) is 3.82. The van der Waals surface area contributed by atoms with Crippen molar-refractivity contribution >= 4 is 0 Å². The zero-order chi connectivity index (χ0) is 12.8. The van der Waals surface area contributed by atoms with Gasteiger partial charge in [0, 0.05) is 20.2 Å². The van der Waals surface area contributed by atoms with E-state index in [0.29, 0.717) is 12.0 Å². The number of rotatable bonds is 6. The summed E-state index contributed by atoms with van der Waals surface area (Å²) in [7, 11) is 1.74. The van der Waals surface area contributed by atoms with Crippen LogP contribution in [0.5, 0.6) is 0 Å². The van der Waals surface area contributed by atoms with Gasteiger partial charge < -0.3 is 10.1 Å². The minimum atomic E-state index is 0.532. The molecule has 100 valence electrons. The summed E-state index contributed by atoms with van der Waals surface area (Å²) in [6.45, 7) is 5.22. The van der Waals surface area contributed by atoms with Gasteiger partial charge in [0.2, 0.25) is 0 Å². The molecule has 1 saturated carbocycles. The number of ether oxygens (including phenoxy) is 1. The summed E-state index contributed by atoms with van der Waals surface area (Å²) in [6, 6.07) is 8.64. The van der Waals surface area contributed by atoms with Gasteiger partial charge in [-0.15, -0.1) is 0 Å². The Bertz CT molecular complexity index is 369. The van der Waals surface area contributed by atoms with Crippen molar-refractivity contribution in [2.75, 3.05) is 13.7 Å². The largest absolute Gasteiger partial charge is 0.380 e. The highest BCUT2D eigenvalue weighted by atomic mass is 16.5. The molecule has 1 aliphatic rings. The first kappa shape index (κ1) is 13.6. The molecule has 1 N–H and O–H groups in total. The van der Waals surface area contributed by atoms with E-state index >= 15 is 0 Å². The Morgan fingerprint density at radius 3 is 2.67 bits per heavy atom. The molecule has 2 heteroatoms. The molecule has 1 aromatic carbocycles. The highest BCUT2D eigenvalue weighted by molar-refractivity contribution is 5.22. The Hall–Kier alpha value is -0.860. The van der Waals surface area contributed by atoms with E-state index in [-0.39, 0.29) is 0 Å². The van der Waals surface area contributed by atoms with Crippen LogP contribution in [0.1, 0.15) is 43.7 Å². The standard InChI is InChI=1S/C16H25NO/c1-16(8-3-4-9-16)13-17-11-14-6-5-7-15(10-14)12-18-2/h5-7,10,17H,3-4,8-9,11-13H2,1-2H3. The Morgan fingerprint density at radius 1 is 1.22 bits per heavy atom. The van der Waals surface area contributed by atoms with Crippen molar-refractivity contribution in [3.05, 3.63) is 35.4 Å². The molecule has 0 spiro atoms. The Labute approximate surface area is 111 Å². The number of hydrogen-bond donors (Lipinski definition) is 1. The zero-order valence-corrected chi connectivity index (χ0v) is 11.7. The lowest BCUT2D eigenvalue weighted by atomic mass is 9.89. The molecule has 0 aromatic heterocycles. The first-order valence-electron chi connectivity index (χ1n) is 6.99. The van der Waals surface area contributed by atoms with E-state index in [9.17, 15) is 0 Å². The van der Waals surface area contributed by atoms with Gasteiger partial charge in [-0.25, -0.2) is 0 Å². The van der Waals surface area contributed by atoms with Crippen molar-refractivity contribution in [1.29, 1.82) is 0 Å². The molecule has 2 rings (SSSR count). The number of hydrogen-bond acceptors (Lipinski definition) is 2. The molecule has 2 nitrogen and oxygen atoms in total. The fourth-order valence-corrected chi connectivity index (χ4v) is 2.91. The average molecular weight is 247 g/mol. The van der Waals surface area contributed by atoms with Crippen LogP contribution in [-0.4, -0.2) is 13.7 Å². The zero-order valence-electron chi connectivity index (χ0n) is 11.7. The van der Waals surface area contributed by atoms with Crippen molar-refractivity contribution in [1.82, 2.24) is 5.32 Å². The maximum Gasteiger partial charge on any atom is 0.0713 e. The predicted molar refractivity (Wildman–Crippen MR) is 75.4 cm³/mol. The van der Waals surface area contributed by atoms with Crippen LogP contribution in [-0.2, 0) is 17.9 Å². The summed E-state index contributed by atoms with van der Waals surface area (Å²) in [4.78, 5) is 0. The quantitative estimate of drug-likeness (QED) is 0.830. The first-order valence-corrected chi connectivity index (χ1v) is 6.99. The maximum atomic E-state index is 5.16. The molecule has 0 amide bonds. The van der Waals surface area contributed by atoms with Crippen molar-refractivity contribution < 1.29 is 4.74 Å². The smallest absolute Gasteiger partial charge is 0.0713 e. The van der Waals surface area contributed by atoms with Crippen LogP contribution in [0.3, 0.4) is 0 Å². The van der Waals surface area contributed by atoms with Crippen molar-refractivity contribution in [2.45, 2.75) is 45.8 Å². The molecule has 0 unspecified atom stereocenters. The molecule has 0 saturated heterocycles. The monoisotopic (exact) mass is 247 g/mol. The fourth-order valence-electron chi connectivity index (χ4n) is 2.91. The van der Waals surface area contributed by atoms with Gasteiger partial charge in [0.15, 0.2) is 0 Å². The molecule has 0 aliphatic heterocycles. The maximum absolute atomic E-state index is 5.16. The SMILES string of the molecule is COCc1cccc(CNCC2(C)CCCC2)c1. The summed E-state index contributed by atoms with van der Waals surface area (Å²) in [5.41, 5.74) is 3.14. The van der Waals surface area contributed by atoms with Crippen LogP contribution in [0.4, 0.5) is 0 Å². The second-order valence-corrected chi connectivity index (χ2v) is 5.87. The molecule has 1 aliphatic carbocycles. The molecule has 18 heavy (non-hydrogen) atoms. The Morgan fingerprint density at radius 2 is 1.94 bits per heavy atom. The van der Waals surface area contributed by atoms with Crippen LogP contribution in [0, 0.1) is 5.41 Å². The molecule has 0 bridgehead atoms. The van der Waals surface area contributed by atoms with Crippen molar-refractivity contribution in [3.8, 4) is 0 Å². The average Bonchev–Trinajstić information content (AvgIpc) is 2.77. The molecule has 0 radical (unpaired) electrons. The minimum Gasteiger partial charge on any atom is -0.380 e. The van der Waals surface area contributed by atoms with E-state index in [1.165, 1.54) is 36.8 Å². The molecular weight excluding hydrogens is 222 g/mol. The van der Waals surface area contributed by atoms with Gasteiger partial charge in [0.25, 0.3) is 0 Å². The predicted octanol–water partition coefficient (Wildman–Crippen LogP) is 3.50. The topological polar surface area (TPSA) is 21.3 Å². The van der Waals surface area contributed by atoms with Gasteiger partial charge in [-0.3, -0.25) is 0 Å². The van der Waals surface area contributed by atoms with E-state index in [2.05, 4.69) is 36.5 Å². The van der Waals surface area contributed by atoms with E-state index in [1.54, 1.807) is 7.11 Å². The molecule has 0 atom stereocenters. The van der Waals surface area contributed by atoms with Gasteiger partial charge in [-0.1, -0.05) is 44.0 Å². The number of benzene rings is 1.